The minimum Gasteiger partial charge on any atom is -0.258 e. The third kappa shape index (κ3) is 2.68. The van der Waals surface area contributed by atoms with E-state index in [0.29, 0.717) is 5.92 Å². The van der Waals surface area contributed by atoms with Crippen LogP contribution in [0, 0.1) is 12.8 Å². The van der Waals surface area contributed by atoms with E-state index in [1.807, 2.05) is 0 Å². The summed E-state index contributed by atoms with van der Waals surface area (Å²) in [5.74, 6) is 0.681. The molecule has 0 aliphatic heterocycles. The van der Waals surface area contributed by atoms with E-state index in [-0.39, 0.29) is 0 Å². The van der Waals surface area contributed by atoms with Crippen LogP contribution in [-0.4, -0.2) is 5.71 Å². The summed E-state index contributed by atoms with van der Waals surface area (Å²) in [4.78, 5) is 4.76. The van der Waals surface area contributed by atoms with Crippen LogP contribution in [0.1, 0.15) is 38.2 Å². The molecule has 1 saturated carbocycles. The maximum atomic E-state index is 4.76. The molecule has 0 heterocycles. The first kappa shape index (κ1) is 10.4. The van der Waals surface area contributed by atoms with Crippen molar-refractivity contribution >= 4 is 11.4 Å². The molecular formula is C14H19N. The lowest BCUT2D eigenvalue weighted by molar-refractivity contribution is 0.560. The highest BCUT2D eigenvalue weighted by molar-refractivity contribution is 5.89. The Hall–Kier alpha value is -1.11. The van der Waals surface area contributed by atoms with Gasteiger partial charge in [-0.3, -0.25) is 4.99 Å². The Morgan fingerprint density at radius 1 is 1.13 bits per heavy atom. The first-order valence-electron chi connectivity index (χ1n) is 5.90. The number of nitrogens with zero attached hydrogens (tertiary/aromatic N) is 1. The molecule has 80 valence electrons. The largest absolute Gasteiger partial charge is 0.258 e. The van der Waals surface area contributed by atoms with Crippen molar-refractivity contribution < 1.29 is 0 Å². The van der Waals surface area contributed by atoms with Gasteiger partial charge >= 0.3 is 0 Å². The lowest BCUT2D eigenvalue weighted by Gasteiger charge is -2.20. The second kappa shape index (κ2) is 4.61. The van der Waals surface area contributed by atoms with Gasteiger partial charge in [-0.2, -0.15) is 0 Å². The number of hydrogen-bond acceptors (Lipinski definition) is 1. The van der Waals surface area contributed by atoms with Crippen molar-refractivity contribution in [1.29, 1.82) is 0 Å². The molecular weight excluding hydrogens is 182 g/mol. The van der Waals surface area contributed by atoms with Gasteiger partial charge in [0, 0.05) is 5.71 Å². The standard InChI is InChI=1S/C14H19N/c1-11-7-9-13(10-8-11)15-14-6-4-3-5-12(14)2/h7-10,12H,3-6H2,1-2H3/b15-14+. The van der Waals surface area contributed by atoms with Crippen molar-refractivity contribution in [2.45, 2.75) is 39.5 Å². The fourth-order valence-corrected chi connectivity index (χ4v) is 2.12. The van der Waals surface area contributed by atoms with E-state index in [1.54, 1.807) is 0 Å². The van der Waals surface area contributed by atoms with Crippen molar-refractivity contribution in [3.05, 3.63) is 29.8 Å². The summed E-state index contributed by atoms with van der Waals surface area (Å²) in [6.07, 6.45) is 5.18. The monoisotopic (exact) mass is 201 g/mol. The predicted octanol–water partition coefficient (Wildman–Crippen LogP) is 4.28. The molecule has 1 aliphatic carbocycles. The van der Waals surface area contributed by atoms with Gasteiger partial charge in [0.25, 0.3) is 0 Å². The highest BCUT2D eigenvalue weighted by Crippen LogP contribution is 2.24. The molecule has 0 amide bonds. The topological polar surface area (TPSA) is 12.4 Å². The van der Waals surface area contributed by atoms with Gasteiger partial charge in [-0.15, -0.1) is 0 Å². The first-order valence-corrected chi connectivity index (χ1v) is 5.90. The Kier molecular flexibility index (Phi) is 3.20. The van der Waals surface area contributed by atoms with E-state index in [1.165, 1.54) is 37.0 Å². The van der Waals surface area contributed by atoms with Crippen molar-refractivity contribution in [2.24, 2.45) is 10.9 Å². The number of aryl methyl sites for hydroxylation is 1. The van der Waals surface area contributed by atoms with Crippen LogP contribution in [0.4, 0.5) is 5.69 Å². The average molecular weight is 201 g/mol. The van der Waals surface area contributed by atoms with Gasteiger partial charge in [0.15, 0.2) is 0 Å². The summed E-state index contributed by atoms with van der Waals surface area (Å²) in [5, 5.41) is 0. The zero-order chi connectivity index (χ0) is 10.7. The molecule has 0 N–H and O–H groups in total. The summed E-state index contributed by atoms with van der Waals surface area (Å²) < 4.78 is 0. The molecule has 0 radical (unpaired) electrons. The molecule has 1 fully saturated rings. The normalized spacial score (nSPS) is 24.4. The van der Waals surface area contributed by atoms with Crippen molar-refractivity contribution in [3.63, 3.8) is 0 Å². The third-order valence-electron chi connectivity index (χ3n) is 3.20. The van der Waals surface area contributed by atoms with Crippen LogP contribution >= 0.6 is 0 Å². The van der Waals surface area contributed by atoms with E-state index >= 15 is 0 Å². The molecule has 2 rings (SSSR count). The van der Waals surface area contributed by atoms with Gasteiger partial charge in [0.1, 0.15) is 0 Å². The summed E-state index contributed by atoms with van der Waals surface area (Å²) in [5.41, 5.74) is 3.81. The summed E-state index contributed by atoms with van der Waals surface area (Å²) >= 11 is 0. The SMILES string of the molecule is Cc1ccc(/N=C2\CCCCC2C)cc1. The third-order valence-corrected chi connectivity index (χ3v) is 3.20. The number of benzene rings is 1. The molecule has 1 aliphatic rings. The van der Waals surface area contributed by atoms with E-state index in [0.717, 1.165) is 5.69 Å². The molecule has 15 heavy (non-hydrogen) atoms. The van der Waals surface area contributed by atoms with Crippen molar-refractivity contribution in [3.8, 4) is 0 Å². The quantitative estimate of drug-likeness (QED) is 0.643. The van der Waals surface area contributed by atoms with Gasteiger partial charge in [-0.25, -0.2) is 0 Å². The van der Waals surface area contributed by atoms with Gasteiger partial charge in [0.05, 0.1) is 5.69 Å². The molecule has 0 spiro atoms. The lowest BCUT2D eigenvalue weighted by Crippen LogP contribution is -2.15. The second-order valence-corrected chi connectivity index (χ2v) is 4.59. The minimum absolute atomic E-state index is 0.681. The van der Waals surface area contributed by atoms with Crippen molar-refractivity contribution in [1.82, 2.24) is 0 Å². The Balaban J connectivity index is 2.17. The van der Waals surface area contributed by atoms with Crippen LogP contribution in [0.5, 0.6) is 0 Å². The Morgan fingerprint density at radius 3 is 2.53 bits per heavy atom. The van der Waals surface area contributed by atoms with Crippen LogP contribution in [0.25, 0.3) is 0 Å². The molecule has 0 aromatic heterocycles. The highest BCUT2D eigenvalue weighted by atomic mass is 14.8. The van der Waals surface area contributed by atoms with E-state index in [9.17, 15) is 0 Å². The van der Waals surface area contributed by atoms with Crippen LogP contribution in [0.3, 0.4) is 0 Å². The summed E-state index contributed by atoms with van der Waals surface area (Å²) in [7, 11) is 0. The maximum absolute atomic E-state index is 4.76. The van der Waals surface area contributed by atoms with E-state index < -0.39 is 0 Å². The molecule has 1 unspecified atom stereocenters. The first-order chi connectivity index (χ1) is 7.25. The van der Waals surface area contributed by atoms with Crippen LogP contribution in [0.2, 0.25) is 0 Å². The molecule has 1 nitrogen and oxygen atoms in total. The molecule has 1 aromatic rings. The van der Waals surface area contributed by atoms with Crippen LogP contribution in [-0.2, 0) is 0 Å². The van der Waals surface area contributed by atoms with Crippen molar-refractivity contribution in [2.75, 3.05) is 0 Å². The van der Waals surface area contributed by atoms with Gasteiger partial charge < -0.3 is 0 Å². The average Bonchev–Trinajstić information content (AvgIpc) is 2.25. The summed E-state index contributed by atoms with van der Waals surface area (Å²) in [6.45, 7) is 4.41. The Bertz CT molecular complexity index is 348. The predicted molar refractivity (Wildman–Crippen MR) is 65.9 cm³/mol. The molecule has 1 atom stereocenters. The summed E-state index contributed by atoms with van der Waals surface area (Å²) in [6, 6.07) is 8.49. The lowest BCUT2D eigenvalue weighted by atomic mass is 9.88. The zero-order valence-corrected chi connectivity index (χ0v) is 9.66. The number of aliphatic imine (C=N–C) groups is 1. The van der Waals surface area contributed by atoms with Crippen LogP contribution in [0.15, 0.2) is 29.3 Å². The molecule has 1 aromatic carbocycles. The Morgan fingerprint density at radius 2 is 1.87 bits per heavy atom. The number of rotatable bonds is 1. The van der Waals surface area contributed by atoms with Gasteiger partial charge in [0.2, 0.25) is 0 Å². The van der Waals surface area contributed by atoms with Gasteiger partial charge in [-0.1, -0.05) is 31.0 Å². The molecule has 0 bridgehead atoms. The smallest absolute Gasteiger partial charge is 0.0629 e. The molecule has 1 heteroatoms. The van der Waals surface area contributed by atoms with Crippen LogP contribution < -0.4 is 0 Å². The zero-order valence-electron chi connectivity index (χ0n) is 9.66. The highest BCUT2D eigenvalue weighted by Gasteiger charge is 2.15. The van der Waals surface area contributed by atoms with Gasteiger partial charge in [-0.05, 0) is 44.2 Å². The fourth-order valence-electron chi connectivity index (χ4n) is 2.12. The van der Waals surface area contributed by atoms with E-state index in [4.69, 9.17) is 4.99 Å². The maximum Gasteiger partial charge on any atom is 0.0629 e. The minimum atomic E-state index is 0.681. The fraction of sp³-hybridized carbons (Fsp3) is 0.500. The molecule has 0 saturated heterocycles. The van der Waals surface area contributed by atoms with E-state index in [2.05, 4.69) is 38.1 Å². The number of hydrogen-bond donors (Lipinski definition) is 0. The second-order valence-electron chi connectivity index (χ2n) is 4.59. The Labute approximate surface area is 92.2 Å².